The van der Waals surface area contributed by atoms with Crippen molar-refractivity contribution in [1.82, 2.24) is 10.2 Å². The molecule has 0 atom stereocenters. The van der Waals surface area contributed by atoms with E-state index in [9.17, 15) is 9.59 Å². The fraction of sp³-hybridized carbons (Fsp3) is 0.812. The van der Waals surface area contributed by atoms with Gasteiger partial charge in [-0.15, -0.1) is 0 Å². The van der Waals surface area contributed by atoms with Gasteiger partial charge in [0.1, 0.15) is 5.54 Å². The second-order valence-electron chi connectivity index (χ2n) is 6.98. The molecular weight excluding hydrogens is 266 g/mol. The number of carbonyl (C=O) groups is 2. The molecule has 2 fully saturated rings. The van der Waals surface area contributed by atoms with Gasteiger partial charge in [-0.3, -0.25) is 9.69 Å². The van der Waals surface area contributed by atoms with E-state index < -0.39 is 5.54 Å². The normalized spacial score (nSPS) is 21.5. The van der Waals surface area contributed by atoms with Crippen molar-refractivity contribution in [2.75, 3.05) is 6.54 Å². The second kappa shape index (κ2) is 6.05. The lowest BCUT2D eigenvalue weighted by atomic mass is 9.82. The van der Waals surface area contributed by atoms with Crippen molar-refractivity contribution in [3.05, 3.63) is 0 Å². The smallest absolute Gasteiger partial charge is 0.323 e. The van der Waals surface area contributed by atoms with Gasteiger partial charge >= 0.3 is 6.03 Å². The maximum atomic E-state index is 12.5. The molecule has 1 spiro atoms. The maximum absolute atomic E-state index is 12.5. The molecule has 2 aliphatic rings. The van der Waals surface area contributed by atoms with E-state index in [1.807, 2.05) is 13.8 Å². The summed E-state index contributed by atoms with van der Waals surface area (Å²) in [4.78, 5) is 26.0. The Morgan fingerprint density at radius 2 is 1.90 bits per heavy atom. The van der Waals surface area contributed by atoms with Crippen molar-refractivity contribution in [2.45, 2.75) is 70.8 Å². The minimum atomic E-state index is -0.610. The number of hydrogen-bond donors (Lipinski definition) is 1. The lowest BCUT2D eigenvalue weighted by Gasteiger charge is -2.30. The van der Waals surface area contributed by atoms with Crippen LogP contribution < -0.4 is 5.32 Å². The second-order valence-corrected chi connectivity index (χ2v) is 6.98. The summed E-state index contributed by atoms with van der Waals surface area (Å²) < 4.78 is 0. The molecule has 1 aliphatic carbocycles. The van der Waals surface area contributed by atoms with Crippen molar-refractivity contribution in [3.8, 4) is 6.07 Å². The van der Waals surface area contributed by atoms with E-state index in [2.05, 4.69) is 11.4 Å². The number of nitriles is 1. The predicted octanol–water partition coefficient (Wildman–Crippen LogP) is 2.96. The highest BCUT2D eigenvalue weighted by Crippen LogP contribution is 2.33. The van der Waals surface area contributed by atoms with E-state index in [0.29, 0.717) is 6.54 Å². The SMILES string of the molecule is CC(C)(C#N)CCCCN1C(=O)NC2(CCCCC2)C1=O. The Hall–Kier alpha value is -1.57. The average Bonchev–Trinajstić information content (AvgIpc) is 2.68. The minimum absolute atomic E-state index is 0.0354. The molecule has 1 saturated carbocycles. The first kappa shape index (κ1) is 15.8. The molecule has 0 aromatic rings. The maximum Gasteiger partial charge on any atom is 0.325 e. The van der Waals surface area contributed by atoms with Crippen LogP contribution in [0.25, 0.3) is 0 Å². The summed E-state index contributed by atoms with van der Waals surface area (Å²) in [5, 5.41) is 11.9. The molecule has 5 nitrogen and oxygen atoms in total. The van der Waals surface area contributed by atoms with E-state index in [4.69, 9.17) is 5.26 Å². The minimum Gasteiger partial charge on any atom is -0.323 e. The van der Waals surface area contributed by atoms with Gasteiger partial charge in [0.15, 0.2) is 0 Å². The van der Waals surface area contributed by atoms with E-state index in [0.717, 1.165) is 51.4 Å². The summed E-state index contributed by atoms with van der Waals surface area (Å²) in [6, 6.07) is 2.04. The number of rotatable bonds is 5. The van der Waals surface area contributed by atoms with Crippen molar-refractivity contribution in [2.24, 2.45) is 5.41 Å². The van der Waals surface area contributed by atoms with Gasteiger partial charge in [-0.1, -0.05) is 25.7 Å². The van der Waals surface area contributed by atoms with Crippen LogP contribution in [0.5, 0.6) is 0 Å². The van der Waals surface area contributed by atoms with Crippen LogP contribution in [0.2, 0.25) is 0 Å². The van der Waals surface area contributed by atoms with Gasteiger partial charge in [0, 0.05) is 6.54 Å². The number of imide groups is 1. The first-order valence-corrected chi connectivity index (χ1v) is 7.96. The van der Waals surface area contributed by atoms with Gasteiger partial charge in [-0.2, -0.15) is 5.26 Å². The summed E-state index contributed by atoms with van der Waals surface area (Å²) >= 11 is 0. The number of urea groups is 1. The lowest BCUT2D eigenvalue weighted by molar-refractivity contribution is -0.132. The first-order valence-electron chi connectivity index (χ1n) is 7.96. The molecular formula is C16H25N3O2. The number of amides is 3. The molecule has 0 bridgehead atoms. The summed E-state index contributed by atoms with van der Waals surface area (Å²) in [5.74, 6) is -0.0354. The fourth-order valence-corrected chi connectivity index (χ4v) is 3.27. The van der Waals surface area contributed by atoms with Crippen LogP contribution >= 0.6 is 0 Å². The third kappa shape index (κ3) is 3.37. The standard InChI is InChI=1S/C16H25N3O2/c1-15(2,12-17)8-6-7-11-19-13(20)16(18-14(19)21)9-4-3-5-10-16/h3-11H2,1-2H3,(H,18,21). The molecule has 116 valence electrons. The average molecular weight is 291 g/mol. The molecule has 1 aliphatic heterocycles. The zero-order valence-electron chi connectivity index (χ0n) is 13.1. The molecule has 1 N–H and O–H groups in total. The van der Waals surface area contributed by atoms with Crippen LogP contribution in [0.15, 0.2) is 0 Å². The van der Waals surface area contributed by atoms with Crippen LogP contribution in [-0.4, -0.2) is 28.9 Å². The van der Waals surface area contributed by atoms with Gasteiger partial charge in [-0.25, -0.2) is 4.79 Å². The Morgan fingerprint density at radius 3 is 2.52 bits per heavy atom. The quantitative estimate of drug-likeness (QED) is 0.625. The fourth-order valence-electron chi connectivity index (χ4n) is 3.27. The van der Waals surface area contributed by atoms with Crippen LogP contribution in [0, 0.1) is 16.7 Å². The molecule has 3 amide bonds. The number of hydrogen-bond acceptors (Lipinski definition) is 3. The van der Waals surface area contributed by atoms with Gasteiger partial charge in [-0.05, 0) is 39.5 Å². The summed E-state index contributed by atoms with van der Waals surface area (Å²) in [6.07, 6.45) is 7.12. The monoisotopic (exact) mass is 291 g/mol. The lowest BCUT2D eigenvalue weighted by Crippen LogP contribution is -2.48. The van der Waals surface area contributed by atoms with Gasteiger partial charge < -0.3 is 5.32 Å². The molecule has 21 heavy (non-hydrogen) atoms. The summed E-state index contributed by atoms with van der Waals surface area (Å²) in [5.41, 5.74) is -0.941. The predicted molar refractivity (Wildman–Crippen MR) is 79.3 cm³/mol. The van der Waals surface area contributed by atoms with Crippen molar-refractivity contribution < 1.29 is 9.59 Å². The Morgan fingerprint density at radius 1 is 1.24 bits per heavy atom. The molecule has 0 aromatic carbocycles. The van der Waals surface area contributed by atoms with Gasteiger partial charge in [0.05, 0.1) is 11.5 Å². The molecule has 2 rings (SSSR count). The number of unbranched alkanes of at least 4 members (excludes halogenated alkanes) is 1. The van der Waals surface area contributed by atoms with Crippen LogP contribution in [-0.2, 0) is 4.79 Å². The Balaban J connectivity index is 1.85. The summed E-state index contributed by atoms with van der Waals surface area (Å²) in [7, 11) is 0. The van der Waals surface area contributed by atoms with E-state index >= 15 is 0 Å². The highest BCUT2D eigenvalue weighted by molar-refractivity contribution is 6.07. The summed E-state index contributed by atoms with van der Waals surface area (Å²) in [6.45, 7) is 4.30. The van der Waals surface area contributed by atoms with Crippen molar-refractivity contribution in [1.29, 1.82) is 5.26 Å². The van der Waals surface area contributed by atoms with E-state index in [-0.39, 0.29) is 17.4 Å². The molecule has 0 radical (unpaired) electrons. The van der Waals surface area contributed by atoms with Gasteiger partial charge in [0.25, 0.3) is 5.91 Å². The number of carbonyl (C=O) groups excluding carboxylic acids is 2. The van der Waals surface area contributed by atoms with Gasteiger partial charge in [0.2, 0.25) is 0 Å². The third-order valence-corrected chi connectivity index (χ3v) is 4.69. The largest absolute Gasteiger partial charge is 0.325 e. The zero-order valence-corrected chi connectivity index (χ0v) is 13.1. The van der Waals surface area contributed by atoms with Crippen LogP contribution in [0.1, 0.15) is 65.2 Å². The van der Waals surface area contributed by atoms with Crippen LogP contribution in [0.3, 0.4) is 0 Å². The molecule has 0 aromatic heterocycles. The topological polar surface area (TPSA) is 73.2 Å². The molecule has 5 heteroatoms. The number of nitrogens with zero attached hydrogens (tertiary/aromatic N) is 2. The van der Waals surface area contributed by atoms with Crippen LogP contribution in [0.4, 0.5) is 4.79 Å². The van der Waals surface area contributed by atoms with Crippen molar-refractivity contribution >= 4 is 11.9 Å². The highest BCUT2D eigenvalue weighted by Gasteiger charge is 2.50. The Kier molecular flexibility index (Phi) is 4.55. The van der Waals surface area contributed by atoms with E-state index in [1.165, 1.54) is 4.90 Å². The molecule has 1 saturated heterocycles. The number of nitrogens with one attached hydrogen (secondary N) is 1. The Bertz CT molecular complexity index is 459. The zero-order chi connectivity index (χ0) is 15.5. The highest BCUT2D eigenvalue weighted by atomic mass is 16.2. The molecule has 1 heterocycles. The first-order chi connectivity index (χ1) is 9.90. The third-order valence-electron chi connectivity index (χ3n) is 4.69. The molecule has 0 unspecified atom stereocenters. The van der Waals surface area contributed by atoms with E-state index in [1.54, 1.807) is 0 Å². The van der Waals surface area contributed by atoms with Crippen molar-refractivity contribution in [3.63, 3.8) is 0 Å². The Labute approximate surface area is 126 Å².